The largest absolute Gasteiger partial charge is 0.479 e. The van der Waals surface area contributed by atoms with Crippen molar-refractivity contribution in [1.29, 1.82) is 0 Å². The summed E-state index contributed by atoms with van der Waals surface area (Å²) in [6.07, 6.45) is -4.82. The number of halogens is 3. The molecule has 132 valence electrons. The maximum absolute atomic E-state index is 12.7. The summed E-state index contributed by atoms with van der Waals surface area (Å²) >= 11 is 0. The molecular formula is C14H15F3N2O5. The fourth-order valence-electron chi connectivity index (χ4n) is 2.17. The molecule has 0 radical (unpaired) electrons. The highest BCUT2D eigenvalue weighted by Gasteiger charge is 2.36. The summed E-state index contributed by atoms with van der Waals surface area (Å²) in [4.78, 5) is 26.0. The Hall–Kier alpha value is -2.36. The van der Waals surface area contributed by atoms with E-state index in [1.54, 1.807) is 0 Å². The number of rotatable bonds is 6. The molecule has 1 aliphatic heterocycles. The van der Waals surface area contributed by atoms with Gasteiger partial charge in [-0.15, -0.1) is 0 Å². The third-order valence-electron chi connectivity index (χ3n) is 3.30. The van der Waals surface area contributed by atoms with Crippen molar-refractivity contribution >= 4 is 11.9 Å². The predicted octanol–water partition coefficient (Wildman–Crippen LogP) is 1.23. The minimum Gasteiger partial charge on any atom is -0.479 e. The number of nitrogens with zero attached hydrogens (tertiary/aromatic N) is 1. The Morgan fingerprint density at radius 1 is 1.38 bits per heavy atom. The van der Waals surface area contributed by atoms with Gasteiger partial charge in [-0.1, -0.05) is 0 Å². The van der Waals surface area contributed by atoms with E-state index in [-0.39, 0.29) is 26.0 Å². The highest BCUT2D eigenvalue weighted by molar-refractivity contribution is 5.82. The summed E-state index contributed by atoms with van der Waals surface area (Å²) in [5.41, 5.74) is -1.00. The Morgan fingerprint density at radius 3 is 2.71 bits per heavy atom. The number of alkyl halides is 3. The van der Waals surface area contributed by atoms with E-state index in [0.29, 0.717) is 0 Å². The molecule has 0 aliphatic carbocycles. The number of carboxylic acid groups (broad SMARTS) is 1. The number of ether oxygens (including phenoxy) is 2. The summed E-state index contributed by atoms with van der Waals surface area (Å²) < 4.78 is 48.2. The van der Waals surface area contributed by atoms with Gasteiger partial charge in [0.15, 0.2) is 6.10 Å². The van der Waals surface area contributed by atoms with Gasteiger partial charge in [-0.2, -0.15) is 13.2 Å². The summed E-state index contributed by atoms with van der Waals surface area (Å²) in [5.74, 6) is -2.23. The van der Waals surface area contributed by atoms with Crippen molar-refractivity contribution < 1.29 is 37.3 Å². The number of hydrogen-bond acceptors (Lipinski definition) is 5. The Labute approximate surface area is 134 Å². The fourth-order valence-corrected chi connectivity index (χ4v) is 2.17. The van der Waals surface area contributed by atoms with Gasteiger partial charge in [-0.05, 0) is 25.0 Å². The molecule has 1 fully saturated rings. The molecule has 2 heterocycles. The quantitative estimate of drug-likeness (QED) is 0.751. The number of aromatic nitrogens is 1. The standard InChI is InChI=1S/C14H15F3N2O5/c15-14(16,17)8-2-1-5-19-12(8)23-7-6-18-11(20)9-3-4-10(24-9)13(21)22/h1-2,5,9-10H,3-4,6-7H2,(H,18,20)(H,21,22)/t9-,10+/m0/s1. The number of hydrogen-bond donors (Lipinski definition) is 2. The van der Waals surface area contributed by atoms with Crippen LogP contribution >= 0.6 is 0 Å². The molecule has 0 aromatic carbocycles. The van der Waals surface area contributed by atoms with E-state index in [2.05, 4.69) is 10.3 Å². The molecule has 0 spiro atoms. The minimum atomic E-state index is -4.59. The van der Waals surface area contributed by atoms with Crippen LogP contribution < -0.4 is 10.1 Å². The van der Waals surface area contributed by atoms with Gasteiger partial charge < -0.3 is 19.9 Å². The molecule has 0 saturated carbocycles. The number of aliphatic carboxylic acids is 1. The first-order valence-electron chi connectivity index (χ1n) is 7.10. The molecule has 2 atom stereocenters. The topological polar surface area (TPSA) is 97.8 Å². The second-order valence-corrected chi connectivity index (χ2v) is 5.02. The smallest absolute Gasteiger partial charge is 0.421 e. The van der Waals surface area contributed by atoms with Crippen LogP contribution in [0.2, 0.25) is 0 Å². The number of carbonyl (C=O) groups excluding carboxylic acids is 1. The Balaban J connectivity index is 1.78. The molecule has 1 aromatic rings. The SMILES string of the molecule is O=C(NCCOc1ncccc1C(F)(F)F)[C@@H]1CC[C@H](C(=O)O)O1. The molecule has 1 amide bonds. The Morgan fingerprint density at radius 2 is 2.08 bits per heavy atom. The molecule has 7 nitrogen and oxygen atoms in total. The number of nitrogens with one attached hydrogen (secondary N) is 1. The second-order valence-electron chi connectivity index (χ2n) is 5.02. The van der Waals surface area contributed by atoms with Crippen LogP contribution in [0, 0.1) is 0 Å². The zero-order valence-electron chi connectivity index (χ0n) is 12.4. The third-order valence-corrected chi connectivity index (χ3v) is 3.30. The molecule has 1 aliphatic rings. The summed E-state index contributed by atoms with van der Waals surface area (Å²) in [7, 11) is 0. The number of carboxylic acids is 1. The van der Waals surface area contributed by atoms with Crippen molar-refractivity contribution in [3.63, 3.8) is 0 Å². The van der Waals surface area contributed by atoms with Gasteiger partial charge in [0.2, 0.25) is 11.8 Å². The molecule has 10 heteroatoms. The van der Waals surface area contributed by atoms with E-state index in [4.69, 9.17) is 14.6 Å². The zero-order chi connectivity index (χ0) is 17.7. The first-order chi connectivity index (χ1) is 11.3. The summed E-state index contributed by atoms with van der Waals surface area (Å²) in [5, 5.41) is 11.2. The van der Waals surface area contributed by atoms with Crippen molar-refractivity contribution in [2.24, 2.45) is 0 Å². The van der Waals surface area contributed by atoms with Crippen molar-refractivity contribution in [2.45, 2.75) is 31.2 Å². The van der Waals surface area contributed by atoms with Gasteiger partial charge in [0, 0.05) is 6.20 Å². The van der Waals surface area contributed by atoms with E-state index in [0.717, 1.165) is 12.1 Å². The predicted molar refractivity (Wildman–Crippen MR) is 73.3 cm³/mol. The molecule has 0 bridgehead atoms. The van der Waals surface area contributed by atoms with Crippen molar-refractivity contribution in [2.75, 3.05) is 13.2 Å². The number of pyridine rings is 1. The molecule has 24 heavy (non-hydrogen) atoms. The maximum Gasteiger partial charge on any atom is 0.421 e. The summed E-state index contributed by atoms with van der Waals surface area (Å²) in [6.45, 7) is -0.286. The van der Waals surface area contributed by atoms with E-state index in [1.807, 2.05) is 0 Å². The monoisotopic (exact) mass is 348 g/mol. The average Bonchev–Trinajstić information content (AvgIpc) is 3.01. The number of carbonyl (C=O) groups is 2. The van der Waals surface area contributed by atoms with E-state index in [1.165, 1.54) is 6.20 Å². The van der Waals surface area contributed by atoms with Crippen molar-refractivity contribution in [1.82, 2.24) is 10.3 Å². The van der Waals surface area contributed by atoms with Gasteiger partial charge in [0.25, 0.3) is 0 Å². The van der Waals surface area contributed by atoms with Gasteiger partial charge in [-0.3, -0.25) is 4.79 Å². The van der Waals surface area contributed by atoms with Crippen LogP contribution in [0.3, 0.4) is 0 Å². The van der Waals surface area contributed by atoms with Crippen LogP contribution in [-0.4, -0.2) is 47.3 Å². The first kappa shape index (κ1) is 18.0. The van der Waals surface area contributed by atoms with Crippen LogP contribution in [0.15, 0.2) is 18.3 Å². The van der Waals surface area contributed by atoms with Crippen LogP contribution in [0.5, 0.6) is 5.88 Å². The normalized spacial score (nSPS) is 20.6. The molecule has 1 saturated heterocycles. The van der Waals surface area contributed by atoms with E-state index >= 15 is 0 Å². The second kappa shape index (κ2) is 7.47. The van der Waals surface area contributed by atoms with Gasteiger partial charge >= 0.3 is 12.1 Å². The third kappa shape index (κ3) is 4.57. The lowest BCUT2D eigenvalue weighted by Crippen LogP contribution is -2.37. The minimum absolute atomic E-state index is 0.0652. The van der Waals surface area contributed by atoms with Gasteiger partial charge in [-0.25, -0.2) is 9.78 Å². The molecule has 0 unspecified atom stereocenters. The Kier molecular flexibility index (Phi) is 5.60. The lowest BCUT2D eigenvalue weighted by atomic mass is 10.2. The highest BCUT2D eigenvalue weighted by Crippen LogP contribution is 2.34. The zero-order valence-corrected chi connectivity index (χ0v) is 12.4. The highest BCUT2D eigenvalue weighted by atomic mass is 19.4. The molecular weight excluding hydrogens is 333 g/mol. The molecule has 1 aromatic heterocycles. The van der Waals surface area contributed by atoms with E-state index < -0.39 is 41.7 Å². The van der Waals surface area contributed by atoms with Crippen LogP contribution in [0.25, 0.3) is 0 Å². The van der Waals surface area contributed by atoms with Crippen LogP contribution in [-0.2, 0) is 20.5 Å². The maximum atomic E-state index is 12.7. The molecule has 2 rings (SSSR count). The molecule has 2 N–H and O–H groups in total. The van der Waals surface area contributed by atoms with Crippen molar-refractivity contribution in [3.05, 3.63) is 23.9 Å². The lowest BCUT2D eigenvalue weighted by molar-refractivity contribution is -0.151. The van der Waals surface area contributed by atoms with Crippen molar-refractivity contribution in [3.8, 4) is 5.88 Å². The first-order valence-corrected chi connectivity index (χ1v) is 7.10. The van der Waals surface area contributed by atoms with E-state index in [9.17, 15) is 22.8 Å². The average molecular weight is 348 g/mol. The van der Waals surface area contributed by atoms with Crippen LogP contribution in [0.1, 0.15) is 18.4 Å². The Bertz CT molecular complexity index is 608. The number of amides is 1. The fraction of sp³-hybridized carbons (Fsp3) is 0.500. The van der Waals surface area contributed by atoms with Gasteiger partial charge in [0.1, 0.15) is 18.3 Å². The lowest BCUT2D eigenvalue weighted by Gasteiger charge is -2.14. The summed E-state index contributed by atoms with van der Waals surface area (Å²) in [6, 6.07) is 1.99. The van der Waals surface area contributed by atoms with Crippen LogP contribution in [0.4, 0.5) is 13.2 Å². The van der Waals surface area contributed by atoms with Gasteiger partial charge in [0.05, 0.1) is 6.54 Å².